The molecule has 3 aromatic carbocycles. The molecule has 2 N–H and O–H groups in total. The Hall–Kier alpha value is -4.53. The third kappa shape index (κ3) is 6.45. The number of benzene rings is 3. The van der Waals surface area contributed by atoms with Gasteiger partial charge in [-0.2, -0.15) is 0 Å². The number of hydrogen-bond acceptors (Lipinski definition) is 6. The number of ether oxygens (including phenoxy) is 3. The van der Waals surface area contributed by atoms with Crippen molar-refractivity contribution in [2.45, 2.75) is 38.3 Å². The van der Waals surface area contributed by atoms with Gasteiger partial charge in [0.05, 0.1) is 18.2 Å². The van der Waals surface area contributed by atoms with E-state index in [1.807, 2.05) is 24.3 Å². The number of aromatic carboxylic acids is 1. The van der Waals surface area contributed by atoms with Crippen molar-refractivity contribution < 1.29 is 33.7 Å². The van der Waals surface area contributed by atoms with Crippen molar-refractivity contribution in [1.82, 2.24) is 10.2 Å². The first kappa shape index (κ1) is 28.0. The summed E-state index contributed by atoms with van der Waals surface area (Å²) in [5, 5.41) is 12.1. The van der Waals surface area contributed by atoms with E-state index in [-0.39, 0.29) is 37.2 Å². The molecule has 0 spiro atoms. The summed E-state index contributed by atoms with van der Waals surface area (Å²) in [6.45, 7) is 6.33. The van der Waals surface area contributed by atoms with Crippen LogP contribution in [-0.2, 0) is 9.47 Å². The maximum Gasteiger partial charge on any atom is 0.410 e. The van der Waals surface area contributed by atoms with Gasteiger partial charge in [0.2, 0.25) is 0 Å². The highest BCUT2D eigenvalue weighted by Gasteiger charge is 2.39. The van der Waals surface area contributed by atoms with Gasteiger partial charge in [0, 0.05) is 24.9 Å². The molecule has 1 aliphatic carbocycles. The Morgan fingerprint density at radius 2 is 1.49 bits per heavy atom. The van der Waals surface area contributed by atoms with E-state index < -0.39 is 29.8 Å². The van der Waals surface area contributed by atoms with Crippen LogP contribution in [0.4, 0.5) is 9.59 Å². The van der Waals surface area contributed by atoms with E-state index in [0.29, 0.717) is 12.3 Å². The fourth-order valence-electron chi connectivity index (χ4n) is 5.37. The van der Waals surface area contributed by atoms with Gasteiger partial charge in [0.1, 0.15) is 18.0 Å². The zero-order chi connectivity index (χ0) is 29.1. The largest absolute Gasteiger partial charge is 0.493 e. The molecule has 41 heavy (non-hydrogen) atoms. The lowest BCUT2D eigenvalue weighted by Gasteiger charge is -2.24. The number of carboxylic acids is 1. The van der Waals surface area contributed by atoms with Crippen molar-refractivity contribution in [2.24, 2.45) is 5.92 Å². The van der Waals surface area contributed by atoms with Crippen molar-refractivity contribution in [3.05, 3.63) is 89.5 Å². The molecule has 1 saturated heterocycles. The number of carboxylic acid groups (broad SMARTS) is 1. The topological polar surface area (TPSA) is 114 Å². The van der Waals surface area contributed by atoms with Gasteiger partial charge in [-0.3, -0.25) is 0 Å². The highest BCUT2D eigenvalue weighted by atomic mass is 16.6. The molecule has 1 aliphatic heterocycles. The van der Waals surface area contributed by atoms with Crippen LogP contribution in [0.15, 0.2) is 72.8 Å². The van der Waals surface area contributed by atoms with Crippen LogP contribution in [0.5, 0.6) is 5.75 Å². The summed E-state index contributed by atoms with van der Waals surface area (Å²) < 4.78 is 17.2. The summed E-state index contributed by atoms with van der Waals surface area (Å²) in [6.07, 6.45) is -1.04. The Bertz CT molecular complexity index is 1380. The summed E-state index contributed by atoms with van der Waals surface area (Å²) in [6, 6.07) is 21.9. The molecule has 2 aliphatic rings. The standard InChI is InChI=1S/C32H34N2O7/c1-32(2,3)41-31(38)34-16-21(18-39-22-14-12-20(13-15-22)29(35)36)28(17-34)33-30(37)40-19-27-25-10-6-4-8-23(25)24-9-5-7-11-26(24)27/h4-15,21,27-28H,16-19H2,1-3H3,(H,33,37)(H,35,36)/t21-,28+/m0/s1. The zero-order valence-corrected chi connectivity index (χ0v) is 23.3. The van der Waals surface area contributed by atoms with Crippen molar-refractivity contribution in [2.75, 3.05) is 26.3 Å². The van der Waals surface area contributed by atoms with Gasteiger partial charge in [0.15, 0.2) is 0 Å². The molecule has 1 heterocycles. The van der Waals surface area contributed by atoms with Gasteiger partial charge < -0.3 is 29.5 Å². The molecular weight excluding hydrogens is 524 g/mol. The summed E-state index contributed by atoms with van der Waals surface area (Å²) in [5.74, 6) is -0.844. The van der Waals surface area contributed by atoms with Gasteiger partial charge >= 0.3 is 18.2 Å². The normalized spacial score (nSPS) is 17.9. The van der Waals surface area contributed by atoms with Crippen LogP contribution in [0.1, 0.15) is 48.2 Å². The maximum absolute atomic E-state index is 13.0. The quantitative estimate of drug-likeness (QED) is 0.391. The monoisotopic (exact) mass is 558 g/mol. The van der Waals surface area contributed by atoms with Crippen LogP contribution in [-0.4, -0.2) is 66.1 Å². The maximum atomic E-state index is 13.0. The lowest BCUT2D eigenvalue weighted by molar-refractivity contribution is 0.0282. The second kappa shape index (κ2) is 11.5. The van der Waals surface area contributed by atoms with E-state index in [9.17, 15) is 14.4 Å². The molecule has 9 nitrogen and oxygen atoms in total. The van der Waals surface area contributed by atoms with Crippen molar-refractivity contribution in [1.29, 1.82) is 0 Å². The Balaban J connectivity index is 1.24. The Kier molecular flexibility index (Phi) is 7.88. The molecule has 2 atom stereocenters. The molecule has 9 heteroatoms. The summed E-state index contributed by atoms with van der Waals surface area (Å²) in [4.78, 5) is 38.5. The number of amides is 2. The molecule has 0 bridgehead atoms. The number of carbonyl (C=O) groups excluding carboxylic acids is 2. The summed E-state index contributed by atoms with van der Waals surface area (Å²) >= 11 is 0. The number of likely N-dealkylation sites (tertiary alicyclic amines) is 1. The molecule has 0 unspecified atom stereocenters. The second-order valence-corrected chi connectivity index (χ2v) is 11.4. The van der Waals surface area contributed by atoms with E-state index in [4.69, 9.17) is 19.3 Å². The third-order valence-electron chi connectivity index (χ3n) is 7.30. The van der Waals surface area contributed by atoms with Crippen LogP contribution in [0.25, 0.3) is 11.1 Å². The Morgan fingerprint density at radius 1 is 0.878 bits per heavy atom. The third-order valence-corrected chi connectivity index (χ3v) is 7.30. The molecule has 0 radical (unpaired) electrons. The lowest BCUT2D eigenvalue weighted by Crippen LogP contribution is -2.43. The highest BCUT2D eigenvalue weighted by molar-refractivity contribution is 5.87. The second-order valence-electron chi connectivity index (χ2n) is 11.4. The molecule has 3 aromatic rings. The number of fused-ring (bicyclic) bond motifs is 3. The lowest BCUT2D eigenvalue weighted by atomic mass is 9.98. The van der Waals surface area contributed by atoms with E-state index in [1.54, 1.807) is 37.8 Å². The number of alkyl carbamates (subject to hydrolysis) is 1. The average molecular weight is 559 g/mol. The minimum atomic E-state index is -1.02. The van der Waals surface area contributed by atoms with Gasteiger partial charge in [0.25, 0.3) is 0 Å². The molecule has 0 saturated carbocycles. The minimum Gasteiger partial charge on any atom is -0.493 e. The van der Waals surface area contributed by atoms with Crippen LogP contribution >= 0.6 is 0 Å². The zero-order valence-electron chi connectivity index (χ0n) is 23.3. The number of nitrogens with zero attached hydrogens (tertiary/aromatic N) is 1. The Labute approximate surface area is 239 Å². The van der Waals surface area contributed by atoms with Gasteiger partial charge in [-0.1, -0.05) is 48.5 Å². The fraction of sp³-hybridized carbons (Fsp3) is 0.344. The van der Waals surface area contributed by atoms with Crippen molar-refractivity contribution in [3.8, 4) is 16.9 Å². The molecule has 1 fully saturated rings. The minimum absolute atomic E-state index is 0.0668. The number of rotatable bonds is 7. The molecule has 214 valence electrons. The molecular formula is C32H34N2O7. The smallest absolute Gasteiger partial charge is 0.410 e. The average Bonchev–Trinajstić information content (AvgIpc) is 3.49. The number of carbonyl (C=O) groups is 3. The van der Waals surface area contributed by atoms with Gasteiger partial charge in [-0.15, -0.1) is 0 Å². The molecule has 2 amide bonds. The first-order valence-electron chi connectivity index (χ1n) is 13.6. The predicted molar refractivity (Wildman–Crippen MR) is 152 cm³/mol. The summed E-state index contributed by atoms with van der Waals surface area (Å²) in [5.41, 5.74) is 4.04. The van der Waals surface area contributed by atoms with Gasteiger partial charge in [-0.05, 0) is 67.3 Å². The van der Waals surface area contributed by atoms with E-state index >= 15 is 0 Å². The van der Waals surface area contributed by atoms with E-state index in [1.165, 1.54) is 12.1 Å². The van der Waals surface area contributed by atoms with Crippen LogP contribution < -0.4 is 10.1 Å². The highest BCUT2D eigenvalue weighted by Crippen LogP contribution is 2.44. The fourth-order valence-corrected chi connectivity index (χ4v) is 5.37. The van der Waals surface area contributed by atoms with Crippen LogP contribution in [0, 0.1) is 5.92 Å². The number of nitrogens with one attached hydrogen (secondary N) is 1. The molecule has 5 rings (SSSR count). The predicted octanol–water partition coefficient (Wildman–Crippen LogP) is 5.54. The van der Waals surface area contributed by atoms with Gasteiger partial charge in [-0.25, -0.2) is 14.4 Å². The van der Waals surface area contributed by atoms with Crippen LogP contribution in [0.3, 0.4) is 0 Å². The van der Waals surface area contributed by atoms with E-state index in [2.05, 4.69) is 29.6 Å². The molecule has 0 aromatic heterocycles. The van der Waals surface area contributed by atoms with E-state index in [0.717, 1.165) is 22.3 Å². The number of hydrogen-bond donors (Lipinski definition) is 2. The first-order valence-corrected chi connectivity index (χ1v) is 13.6. The summed E-state index contributed by atoms with van der Waals surface area (Å²) in [7, 11) is 0. The van der Waals surface area contributed by atoms with Crippen molar-refractivity contribution >= 4 is 18.2 Å². The first-order chi connectivity index (χ1) is 19.6. The Morgan fingerprint density at radius 3 is 2.07 bits per heavy atom. The van der Waals surface area contributed by atoms with Crippen molar-refractivity contribution in [3.63, 3.8) is 0 Å². The van der Waals surface area contributed by atoms with Crippen LogP contribution in [0.2, 0.25) is 0 Å². The SMILES string of the molecule is CC(C)(C)OC(=O)N1C[C@@H](COc2ccc(C(=O)O)cc2)[C@H](NC(=O)OCC2c3ccccc3-c3ccccc32)C1.